The van der Waals surface area contributed by atoms with Crippen molar-refractivity contribution < 1.29 is 14.3 Å². The minimum Gasteiger partial charge on any atom is -0.496 e. The molecular weight excluding hydrogens is 292 g/mol. The van der Waals surface area contributed by atoms with Crippen LogP contribution in [-0.4, -0.2) is 39.3 Å². The van der Waals surface area contributed by atoms with Gasteiger partial charge < -0.3 is 20.1 Å². The van der Waals surface area contributed by atoms with Crippen molar-refractivity contribution in [1.29, 1.82) is 0 Å². The van der Waals surface area contributed by atoms with Gasteiger partial charge in [0, 0.05) is 18.5 Å². The largest absolute Gasteiger partial charge is 0.496 e. The number of methoxy groups -OCH3 is 1. The van der Waals surface area contributed by atoms with Gasteiger partial charge in [0.2, 0.25) is 6.41 Å². The van der Waals surface area contributed by atoms with Gasteiger partial charge in [-0.3, -0.25) is 4.79 Å². The van der Waals surface area contributed by atoms with Crippen LogP contribution in [0.2, 0.25) is 0 Å². The molecule has 3 rings (SSSR count). The molecule has 2 aliphatic rings. The predicted octanol–water partition coefficient (Wildman–Crippen LogP) is 1.73. The zero-order valence-electron chi connectivity index (χ0n) is 13.9. The van der Waals surface area contributed by atoms with Gasteiger partial charge in [-0.25, -0.2) is 0 Å². The maximum Gasteiger partial charge on any atom is 0.207 e. The second-order valence-electron chi connectivity index (χ2n) is 6.46. The number of carbonyl (C=O) groups excluding carboxylic acids is 1. The molecule has 23 heavy (non-hydrogen) atoms. The van der Waals surface area contributed by atoms with Gasteiger partial charge in [-0.2, -0.15) is 0 Å². The van der Waals surface area contributed by atoms with Crippen LogP contribution in [0.4, 0.5) is 0 Å². The number of carbonyl (C=O) groups is 1. The first-order valence-electron chi connectivity index (χ1n) is 8.44. The summed E-state index contributed by atoms with van der Waals surface area (Å²) >= 11 is 0. The second-order valence-corrected chi connectivity index (χ2v) is 6.46. The number of nitrogens with one attached hydrogen (secondary N) is 2. The third-order valence-electron chi connectivity index (χ3n) is 5.09. The standard InChI is InChI=1S/C18H26N2O3/c1-12-3-4-14-15(18(12)22-2)9-16(13-5-7-19-8-6-13)23-17(14)10-20-11-21/h3-4,11,13,16-17,19H,5-10H2,1-2H3,(H,20,21)/t16-,17?/m0/s1. The van der Waals surface area contributed by atoms with E-state index in [4.69, 9.17) is 9.47 Å². The topological polar surface area (TPSA) is 59.6 Å². The van der Waals surface area contributed by atoms with Crippen LogP contribution in [0.5, 0.6) is 5.75 Å². The number of piperidine rings is 1. The van der Waals surface area contributed by atoms with Crippen molar-refractivity contribution in [3.8, 4) is 5.75 Å². The SMILES string of the molecule is COc1c(C)ccc2c1C[C@@H](C1CCNCC1)OC2CNC=O. The molecule has 2 aliphatic heterocycles. The molecule has 1 unspecified atom stereocenters. The number of ether oxygens (including phenoxy) is 2. The Morgan fingerprint density at radius 3 is 2.87 bits per heavy atom. The van der Waals surface area contributed by atoms with Gasteiger partial charge in [-0.05, 0) is 49.9 Å². The summed E-state index contributed by atoms with van der Waals surface area (Å²) in [4.78, 5) is 10.7. The van der Waals surface area contributed by atoms with E-state index in [-0.39, 0.29) is 12.2 Å². The molecule has 1 aromatic rings. The Hall–Kier alpha value is -1.59. The molecule has 1 amide bonds. The number of amides is 1. The van der Waals surface area contributed by atoms with E-state index in [0.717, 1.165) is 55.6 Å². The van der Waals surface area contributed by atoms with Gasteiger partial charge in [0.15, 0.2) is 0 Å². The minimum absolute atomic E-state index is 0.0988. The van der Waals surface area contributed by atoms with Crippen LogP contribution in [-0.2, 0) is 16.0 Å². The Balaban J connectivity index is 1.91. The molecule has 0 radical (unpaired) electrons. The van der Waals surface area contributed by atoms with Crippen molar-refractivity contribution in [3.05, 3.63) is 28.8 Å². The Kier molecular flexibility index (Phi) is 5.18. The van der Waals surface area contributed by atoms with Crippen LogP contribution in [0.3, 0.4) is 0 Å². The van der Waals surface area contributed by atoms with Crippen LogP contribution in [0, 0.1) is 12.8 Å². The second kappa shape index (κ2) is 7.32. The molecular formula is C18H26N2O3. The molecule has 0 aliphatic carbocycles. The fraction of sp³-hybridized carbons (Fsp3) is 0.611. The number of aryl methyl sites for hydroxylation is 1. The quantitative estimate of drug-likeness (QED) is 0.812. The van der Waals surface area contributed by atoms with Gasteiger partial charge in [0.05, 0.1) is 13.2 Å². The first-order valence-corrected chi connectivity index (χ1v) is 8.44. The highest BCUT2D eigenvalue weighted by molar-refractivity contribution is 5.50. The van der Waals surface area contributed by atoms with Gasteiger partial charge in [0.25, 0.3) is 0 Å². The van der Waals surface area contributed by atoms with Gasteiger partial charge in [-0.1, -0.05) is 12.1 Å². The Labute approximate surface area is 137 Å². The molecule has 1 saturated heterocycles. The van der Waals surface area contributed by atoms with Crippen molar-refractivity contribution in [3.63, 3.8) is 0 Å². The summed E-state index contributed by atoms with van der Waals surface area (Å²) < 4.78 is 12.1. The normalized spacial score (nSPS) is 24.8. The summed E-state index contributed by atoms with van der Waals surface area (Å²) in [6.07, 6.45) is 4.01. The molecule has 0 spiro atoms. The van der Waals surface area contributed by atoms with E-state index in [1.807, 2.05) is 0 Å². The number of hydrogen-bond donors (Lipinski definition) is 2. The maximum atomic E-state index is 10.7. The first-order chi connectivity index (χ1) is 11.2. The van der Waals surface area contributed by atoms with E-state index in [9.17, 15) is 4.79 Å². The van der Waals surface area contributed by atoms with Crippen LogP contribution in [0.1, 0.15) is 35.6 Å². The molecule has 0 bridgehead atoms. The summed E-state index contributed by atoms with van der Waals surface area (Å²) in [6.45, 7) is 4.69. The van der Waals surface area contributed by atoms with E-state index in [2.05, 4.69) is 29.7 Å². The van der Waals surface area contributed by atoms with Crippen LogP contribution < -0.4 is 15.4 Å². The molecule has 1 aromatic carbocycles. The smallest absolute Gasteiger partial charge is 0.207 e. The molecule has 126 valence electrons. The lowest BCUT2D eigenvalue weighted by Gasteiger charge is -2.39. The molecule has 5 nitrogen and oxygen atoms in total. The molecule has 2 N–H and O–H groups in total. The number of benzene rings is 1. The highest BCUT2D eigenvalue weighted by Gasteiger charge is 2.34. The molecule has 2 atom stereocenters. The fourth-order valence-electron chi connectivity index (χ4n) is 3.90. The highest BCUT2D eigenvalue weighted by atomic mass is 16.5. The lowest BCUT2D eigenvalue weighted by Crippen LogP contribution is -2.41. The van der Waals surface area contributed by atoms with Crippen LogP contribution in [0.25, 0.3) is 0 Å². The Morgan fingerprint density at radius 2 is 2.17 bits per heavy atom. The van der Waals surface area contributed by atoms with E-state index in [1.54, 1.807) is 7.11 Å². The van der Waals surface area contributed by atoms with Crippen molar-refractivity contribution >= 4 is 6.41 Å². The molecule has 2 heterocycles. The predicted molar refractivity (Wildman–Crippen MR) is 88.7 cm³/mol. The average molecular weight is 318 g/mol. The molecule has 1 fully saturated rings. The summed E-state index contributed by atoms with van der Waals surface area (Å²) in [5, 5.41) is 6.19. The van der Waals surface area contributed by atoms with Gasteiger partial charge >= 0.3 is 0 Å². The summed E-state index contributed by atoms with van der Waals surface area (Å²) in [6, 6.07) is 4.18. The van der Waals surface area contributed by atoms with E-state index in [1.165, 1.54) is 5.56 Å². The maximum absolute atomic E-state index is 10.7. The Morgan fingerprint density at radius 1 is 1.39 bits per heavy atom. The Bertz CT molecular complexity index is 555. The number of rotatable bonds is 5. The monoisotopic (exact) mass is 318 g/mol. The average Bonchev–Trinajstić information content (AvgIpc) is 2.60. The molecule has 5 heteroatoms. The van der Waals surface area contributed by atoms with Crippen LogP contribution in [0.15, 0.2) is 12.1 Å². The van der Waals surface area contributed by atoms with Crippen LogP contribution >= 0.6 is 0 Å². The summed E-state index contributed by atoms with van der Waals surface area (Å²) in [5.74, 6) is 1.54. The highest BCUT2D eigenvalue weighted by Crippen LogP contribution is 2.40. The third kappa shape index (κ3) is 3.35. The third-order valence-corrected chi connectivity index (χ3v) is 5.09. The molecule has 0 saturated carbocycles. The van der Waals surface area contributed by atoms with E-state index < -0.39 is 0 Å². The lowest BCUT2D eigenvalue weighted by molar-refractivity contribution is -0.111. The molecule has 0 aromatic heterocycles. The first kappa shape index (κ1) is 16.3. The van der Waals surface area contributed by atoms with Crippen molar-refractivity contribution in [2.45, 2.75) is 38.4 Å². The summed E-state index contributed by atoms with van der Waals surface area (Å²) in [5.41, 5.74) is 3.55. The fourth-order valence-corrected chi connectivity index (χ4v) is 3.90. The number of fused-ring (bicyclic) bond motifs is 1. The van der Waals surface area contributed by atoms with Crippen molar-refractivity contribution in [2.75, 3.05) is 26.7 Å². The van der Waals surface area contributed by atoms with Crippen molar-refractivity contribution in [2.24, 2.45) is 5.92 Å². The zero-order valence-corrected chi connectivity index (χ0v) is 13.9. The van der Waals surface area contributed by atoms with E-state index in [0.29, 0.717) is 12.5 Å². The van der Waals surface area contributed by atoms with Crippen molar-refractivity contribution in [1.82, 2.24) is 10.6 Å². The zero-order chi connectivity index (χ0) is 16.2. The minimum atomic E-state index is -0.0988. The summed E-state index contributed by atoms with van der Waals surface area (Å²) in [7, 11) is 1.73. The van der Waals surface area contributed by atoms with E-state index >= 15 is 0 Å². The lowest BCUT2D eigenvalue weighted by atomic mass is 9.83. The van der Waals surface area contributed by atoms with Gasteiger partial charge in [-0.15, -0.1) is 0 Å². The number of hydrogen-bond acceptors (Lipinski definition) is 4. The van der Waals surface area contributed by atoms with Gasteiger partial charge in [0.1, 0.15) is 11.9 Å².